The highest BCUT2D eigenvalue weighted by atomic mass is 32.2. The van der Waals surface area contributed by atoms with E-state index in [1.165, 1.54) is 7.11 Å². The molecule has 1 N–H and O–H groups in total. The van der Waals surface area contributed by atoms with Crippen LogP contribution in [-0.2, 0) is 16.6 Å². The molecule has 1 saturated carbocycles. The van der Waals surface area contributed by atoms with E-state index in [4.69, 9.17) is 10.00 Å². The summed E-state index contributed by atoms with van der Waals surface area (Å²) in [7, 11) is -2.60. The fourth-order valence-electron chi connectivity index (χ4n) is 3.54. The van der Waals surface area contributed by atoms with Gasteiger partial charge in [-0.15, -0.1) is 0 Å². The van der Waals surface area contributed by atoms with Gasteiger partial charge in [0, 0.05) is 13.1 Å². The SMILES string of the molecule is COc1ccc(CN([C@@H]2CN(C(=O)O)[C@H](CC#N)C2(F)F)S(=O)(=O)C2CC2)cc1. The summed E-state index contributed by atoms with van der Waals surface area (Å²) in [4.78, 5) is 11.9. The molecule has 1 saturated heterocycles. The molecule has 0 unspecified atom stereocenters. The van der Waals surface area contributed by atoms with Crippen molar-refractivity contribution < 1.29 is 31.8 Å². The highest BCUT2D eigenvalue weighted by Gasteiger charge is 2.62. The van der Waals surface area contributed by atoms with Gasteiger partial charge in [0.2, 0.25) is 10.0 Å². The smallest absolute Gasteiger partial charge is 0.407 e. The van der Waals surface area contributed by atoms with E-state index in [9.17, 15) is 18.3 Å². The molecule has 2 fully saturated rings. The van der Waals surface area contributed by atoms with Crippen molar-refractivity contribution in [1.29, 1.82) is 5.26 Å². The zero-order chi connectivity index (χ0) is 21.4. The molecule has 1 aliphatic carbocycles. The molecule has 1 amide bonds. The third kappa shape index (κ3) is 4.00. The van der Waals surface area contributed by atoms with E-state index in [2.05, 4.69) is 0 Å². The second-order valence-corrected chi connectivity index (χ2v) is 9.31. The molecule has 1 aromatic rings. The summed E-state index contributed by atoms with van der Waals surface area (Å²) in [6.07, 6.45) is -1.58. The van der Waals surface area contributed by atoms with Gasteiger partial charge in [-0.3, -0.25) is 4.90 Å². The number of nitrogens with zero attached hydrogens (tertiary/aromatic N) is 3. The molecular formula is C18H21F2N3O5S. The average Bonchev–Trinajstić information content (AvgIpc) is 3.48. The Bertz CT molecular complexity index is 912. The Balaban J connectivity index is 1.99. The van der Waals surface area contributed by atoms with Gasteiger partial charge >= 0.3 is 6.09 Å². The van der Waals surface area contributed by atoms with Crippen molar-refractivity contribution in [3.8, 4) is 11.8 Å². The zero-order valence-electron chi connectivity index (χ0n) is 15.7. The minimum atomic E-state index is -4.06. The van der Waals surface area contributed by atoms with Gasteiger partial charge < -0.3 is 9.84 Å². The highest BCUT2D eigenvalue weighted by Crippen LogP contribution is 2.43. The number of carbonyl (C=O) groups is 1. The van der Waals surface area contributed by atoms with Crippen LogP contribution < -0.4 is 4.74 Å². The number of likely N-dealkylation sites (tertiary alicyclic amines) is 1. The minimum absolute atomic E-state index is 0.324. The molecule has 0 spiro atoms. The van der Waals surface area contributed by atoms with Crippen LogP contribution in [0.5, 0.6) is 5.75 Å². The van der Waals surface area contributed by atoms with Crippen LogP contribution in [0, 0.1) is 11.3 Å². The summed E-state index contributed by atoms with van der Waals surface area (Å²) in [6, 6.07) is 4.12. The molecule has 8 nitrogen and oxygen atoms in total. The number of sulfonamides is 1. The number of hydrogen-bond donors (Lipinski definition) is 1. The van der Waals surface area contributed by atoms with E-state index in [1.54, 1.807) is 30.3 Å². The van der Waals surface area contributed by atoms with Crippen molar-refractivity contribution in [3.63, 3.8) is 0 Å². The Morgan fingerprint density at radius 1 is 1.38 bits per heavy atom. The number of hydrogen-bond acceptors (Lipinski definition) is 5. The number of halogens is 2. The number of rotatable bonds is 7. The largest absolute Gasteiger partial charge is 0.497 e. The molecule has 1 heterocycles. The summed E-state index contributed by atoms with van der Waals surface area (Å²) >= 11 is 0. The molecular weight excluding hydrogens is 408 g/mol. The molecule has 0 aromatic heterocycles. The first-order valence-corrected chi connectivity index (χ1v) is 10.5. The van der Waals surface area contributed by atoms with Crippen molar-refractivity contribution in [2.24, 2.45) is 0 Å². The molecule has 158 valence electrons. The van der Waals surface area contributed by atoms with E-state index >= 15 is 8.78 Å². The standard InChI is InChI=1S/C18H21F2N3O5S/c1-28-13-4-2-12(3-5-13)10-23(29(26,27)14-6-7-14)16-11-22(17(24)25)15(8-9-21)18(16,19)20/h2-5,14-16H,6-8,10-11H2,1H3,(H,24,25)/t15-,16-/m1/s1. The third-order valence-corrected chi connectivity index (χ3v) is 7.63. The highest BCUT2D eigenvalue weighted by molar-refractivity contribution is 7.90. The van der Waals surface area contributed by atoms with Crippen LogP contribution in [0.1, 0.15) is 24.8 Å². The molecule has 11 heteroatoms. The molecule has 1 aliphatic heterocycles. The first-order valence-electron chi connectivity index (χ1n) is 9.00. The Kier molecular flexibility index (Phi) is 5.69. The quantitative estimate of drug-likeness (QED) is 0.712. The summed E-state index contributed by atoms with van der Waals surface area (Å²) in [5.74, 6) is -3.18. The van der Waals surface area contributed by atoms with Crippen molar-refractivity contribution in [2.75, 3.05) is 13.7 Å². The van der Waals surface area contributed by atoms with Gasteiger partial charge in [0.1, 0.15) is 17.8 Å². The Hall–Kier alpha value is -2.45. The molecule has 2 aliphatic rings. The lowest BCUT2D eigenvalue weighted by molar-refractivity contribution is -0.0630. The zero-order valence-corrected chi connectivity index (χ0v) is 16.5. The summed E-state index contributed by atoms with van der Waals surface area (Å²) in [6.45, 7) is -1.02. The van der Waals surface area contributed by atoms with Crippen LogP contribution >= 0.6 is 0 Å². The number of alkyl halides is 2. The Morgan fingerprint density at radius 3 is 2.48 bits per heavy atom. The lowest BCUT2D eigenvalue weighted by atomic mass is 10.0. The molecule has 0 radical (unpaired) electrons. The van der Waals surface area contributed by atoms with Crippen LogP contribution in [0.3, 0.4) is 0 Å². The summed E-state index contributed by atoms with van der Waals surface area (Å²) in [5.41, 5.74) is 0.469. The van der Waals surface area contributed by atoms with Crippen LogP contribution in [0.25, 0.3) is 0 Å². The van der Waals surface area contributed by atoms with Gasteiger partial charge in [0.05, 0.1) is 24.8 Å². The Morgan fingerprint density at radius 2 is 2.00 bits per heavy atom. The van der Waals surface area contributed by atoms with Crippen molar-refractivity contribution >= 4 is 16.1 Å². The van der Waals surface area contributed by atoms with Gasteiger partial charge in [-0.25, -0.2) is 22.0 Å². The van der Waals surface area contributed by atoms with Crippen molar-refractivity contribution in [2.45, 2.75) is 49.1 Å². The first kappa shape index (κ1) is 21.3. The fourth-order valence-corrected chi connectivity index (χ4v) is 5.54. The molecule has 29 heavy (non-hydrogen) atoms. The molecule has 3 rings (SSSR count). The predicted molar refractivity (Wildman–Crippen MR) is 98.0 cm³/mol. The van der Waals surface area contributed by atoms with Crippen LogP contribution in [0.4, 0.5) is 13.6 Å². The minimum Gasteiger partial charge on any atom is -0.497 e. The maximum absolute atomic E-state index is 15.2. The average molecular weight is 429 g/mol. The number of nitriles is 1. The summed E-state index contributed by atoms with van der Waals surface area (Å²) in [5, 5.41) is 17.4. The van der Waals surface area contributed by atoms with E-state index < -0.39 is 52.3 Å². The van der Waals surface area contributed by atoms with Crippen molar-refractivity contribution in [3.05, 3.63) is 29.8 Å². The van der Waals surface area contributed by atoms with Crippen LogP contribution in [-0.4, -0.2) is 65.7 Å². The van der Waals surface area contributed by atoms with E-state index in [0.717, 1.165) is 4.31 Å². The monoisotopic (exact) mass is 429 g/mol. The van der Waals surface area contributed by atoms with E-state index in [0.29, 0.717) is 29.1 Å². The number of carboxylic acid groups (broad SMARTS) is 1. The molecule has 2 atom stereocenters. The summed E-state index contributed by atoms with van der Waals surface area (Å²) < 4.78 is 62.1. The van der Waals surface area contributed by atoms with E-state index in [-0.39, 0.29) is 6.54 Å². The second kappa shape index (κ2) is 7.76. The van der Waals surface area contributed by atoms with Gasteiger partial charge in [0.15, 0.2) is 0 Å². The van der Waals surface area contributed by atoms with Crippen LogP contribution in [0.2, 0.25) is 0 Å². The lowest BCUT2D eigenvalue weighted by Gasteiger charge is -2.32. The predicted octanol–water partition coefficient (Wildman–Crippen LogP) is 2.27. The maximum atomic E-state index is 15.2. The molecule has 1 aromatic carbocycles. The van der Waals surface area contributed by atoms with Gasteiger partial charge in [-0.1, -0.05) is 12.1 Å². The second-order valence-electron chi connectivity index (χ2n) is 7.14. The number of benzene rings is 1. The van der Waals surface area contributed by atoms with Gasteiger partial charge in [0.25, 0.3) is 5.92 Å². The maximum Gasteiger partial charge on any atom is 0.407 e. The molecule has 0 bridgehead atoms. The van der Waals surface area contributed by atoms with Gasteiger partial charge in [-0.2, -0.15) is 9.57 Å². The van der Waals surface area contributed by atoms with Crippen molar-refractivity contribution in [1.82, 2.24) is 9.21 Å². The fraction of sp³-hybridized carbons (Fsp3) is 0.556. The van der Waals surface area contributed by atoms with Gasteiger partial charge in [-0.05, 0) is 30.5 Å². The van der Waals surface area contributed by atoms with Crippen LogP contribution in [0.15, 0.2) is 24.3 Å². The Labute approximate surface area is 167 Å². The number of amides is 1. The van der Waals surface area contributed by atoms with E-state index in [1.807, 2.05) is 0 Å². The number of ether oxygens (including phenoxy) is 1. The normalized spacial score (nSPS) is 23.8. The topological polar surface area (TPSA) is 111 Å². The first-order chi connectivity index (χ1) is 13.6. The number of methoxy groups -OCH3 is 1. The third-order valence-electron chi connectivity index (χ3n) is 5.28. The lowest BCUT2D eigenvalue weighted by Crippen LogP contribution is -2.52.